The third kappa shape index (κ3) is 3.09. The van der Waals surface area contributed by atoms with E-state index in [4.69, 9.17) is 5.84 Å². The van der Waals surface area contributed by atoms with Crippen LogP contribution in [0.2, 0.25) is 0 Å². The van der Waals surface area contributed by atoms with E-state index in [9.17, 15) is 8.42 Å². The Hall–Kier alpha value is -0.930. The van der Waals surface area contributed by atoms with Gasteiger partial charge in [0.1, 0.15) is 26.5 Å². The monoisotopic (exact) mass is 335 g/mol. The third-order valence-corrected chi connectivity index (χ3v) is 5.29. The molecule has 2 rings (SSSR count). The van der Waals surface area contributed by atoms with Gasteiger partial charge in [-0.2, -0.15) is 0 Å². The largest absolute Gasteiger partial charge is 0.366 e. The molecule has 0 radical (unpaired) electrons. The summed E-state index contributed by atoms with van der Waals surface area (Å²) in [7, 11) is -2.85. The van der Waals surface area contributed by atoms with E-state index >= 15 is 0 Å². The molecule has 1 aromatic heterocycles. The molecule has 18 heavy (non-hydrogen) atoms. The molecule has 0 aliphatic carbocycles. The lowest BCUT2D eigenvalue weighted by Crippen LogP contribution is -2.32. The second kappa shape index (κ2) is 5.37. The number of anilines is 2. The molecule has 0 saturated carbocycles. The van der Waals surface area contributed by atoms with Gasteiger partial charge < -0.3 is 10.7 Å². The number of nitrogen functional groups attached to an aromatic ring is 1. The van der Waals surface area contributed by atoms with Crippen molar-refractivity contribution in [3.63, 3.8) is 0 Å². The fraction of sp³-hybridized carbons (Fsp3) is 0.556. The fourth-order valence-corrected chi connectivity index (χ4v) is 3.72. The smallest absolute Gasteiger partial charge is 0.159 e. The van der Waals surface area contributed by atoms with E-state index in [1.165, 1.54) is 6.33 Å². The summed E-state index contributed by atoms with van der Waals surface area (Å²) >= 11 is 3.34. The lowest BCUT2D eigenvalue weighted by molar-refractivity contribution is 0.559. The van der Waals surface area contributed by atoms with E-state index in [0.29, 0.717) is 29.0 Å². The van der Waals surface area contributed by atoms with Crippen molar-refractivity contribution in [1.29, 1.82) is 0 Å². The molecule has 0 unspecified atom stereocenters. The number of nitrogens with zero attached hydrogens (tertiary/aromatic N) is 2. The lowest BCUT2D eigenvalue weighted by atomic mass is 10.1. The highest BCUT2D eigenvalue weighted by Crippen LogP contribution is 2.27. The van der Waals surface area contributed by atoms with Crippen molar-refractivity contribution in [2.45, 2.75) is 18.9 Å². The summed E-state index contributed by atoms with van der Waals surface area (Å²) in [6.45, 7) is 0. The molecular weight excluding hydrogens is 322 g/mol. The van der Waals surface area contributed by atoms with Crippen molar-refractivity contribution in [1.82, 2.24) is 9.97 Å². The van der Waals surface area contributed by atoms with E-state index in [-0.39, 0.29) is 17.5 Å². The van der Waals surface area contributed by atoms with Gasteiger partial charge in [0.05, 0.1) is 11.5 Å². The van der Waals surface area contributed by atoms with Gasteiger partial charge in [0.15, 0.2) is 5.82 Å². The molecule has 1 fully saturated rings. The summed E-state index contributed by atoms with van der Waals surface area (Å²) < 4.78 is 23.3. The molecule has 100 valence electrons. The van der Waals surface area contributed by atoms with Crippen LogP contribution in [0.15, 0.2) is 10.8 Å². The van der Waals surface area contributed by atoms with Crippen LogP contribution in [0.1, 0.15) is 12.8 Å². The van der Waals surface area contributed by atoms with Crippen molar-refractivity contribution in [3.05, 3.63) is 10.8 Å². The van der Waals surface area contributed by atoms with Crippen molar-refractivity contribution < 1.29 is 8.42 Å². The third-order valence-electron chi connectivity index (χ3n) is 2.82. The lowest BCUT2D eigenvalue weighted by Gasteiger charge is -2.24. The minimum Gasteiger partial charge on any atom is -0.366 e. The molecule has 0 amide bonds. The summed E-state index contributed by atoms with van der Waals surface area (Å²) in [6, 6.07) is 0.102. The number of nitrogens with one attached hydrogen (secondary N) is 2. The molecule has 0 aromatic carbocycles. The number of hydrazine groups is 1. The maximum Gasteiger partial charge on any atom is 0.159 e. The highest BCUT2D eigenvalue weighted by atomic mass is 79.9. The predicted molar refractivity (Wildman–Crippen MR) is 72.8 cm³/mol. The first-order chi connectivity index (χ1) is 8.52. The van der Waals surface area contributed by atoms with Crippen LogP contribution in [-0.4, -0.2) is 35.9 Å². The normalized spacial score (nSPS) is 19.4. The van der Waals surface area contributed by atoms with Crippen LogP contribution < -0.4 is 16.6 Å². The number of hydrogen-bond donors (Lipinski definition) is 3. The molecule has 0 bridgehead atoms. The van der Waals surface area contributed by atoms with Crippen molar-refractivity contribution in [3.8, 4) is 0 Å². The molecule has 9 heteroatoms. The Labute approximate surface area is 114 Å². The first-order valence-corrected chi connectivity index (χ1v) is 8.07. The van der Waals surface area contributed by atoms with Crippen LogP contribution in [-0.2, 0) is 9.84 Å². The van der Waals surface area contributed by atoms with Gasteiger partial charge in [0.2, 0.25) is 0 Å². The van der Waals surface area contributed by atoms with Crippen molar-refractivity contribution in [2.75, 3.05) is 22.2 Å². The summed E-state index contributed by atoms with van der Waals surface area (Å²) in [5.74, 6) is 6.84. The van der Waals surface area contributed by atoms with Crippen molar-refractivity contribution >= 4 is 37.4 Å². The number of aromatic nitrogens is 2. The number of hydrogen-bond acceptors (Lipinski definition) is 7. The zero-order valence-corrected chi connectivity index (χ0v) is 12.0. The van der Waals surface area contributed by atoms with Crippen LogP contribution in [0.5, 0.6) is 0 Å². The predicted octanol–water partition coefficient (Wildman–Crippen LogP) is 0.514. The Kier molecular flexibility index (Phi) is 4.03. The van der Waals surface area contributed by atoms with Gasteiger partial charge in [-0.25, -0.2) is 24.2 Å². The van der Waals surface area contributed by atoms with E-state index in [1.807, 2.05) is 0 Å². The summed E-state index contributed by atoms with van der Waals surface area (Å²) in [5, 5.41) is 3.20. The molecular formula is C9H14BrN5O2S. The molecule has 7 nitrogen and oxygen atoms in total. The molecule has 1 aromatic rings. The van der Waals surface area contributed by atoms with Gasteiger partial charge in [-0.3, -0.25) is 0 Å². The Balaban J connectivity index is 2.07. The minimum absolute atomic E-state index is 0.102. The SMILES string of the molecule is NNc1ncnc(NC2CCS(=O)(=O)CC2)c1Br. The highest BCUT2D eigenvalue weighted by Gasteiger charge is 2.24. The van der Waals surface area contributed by atoms with Gasteiger partial charge in [-0.05, 0) is 28.8 Å². The van der Waals surface area contributed by atoms with Gasteiger partial charge in [0.25, 0.3) is 0 Å². The quantitative estimate of drug-likeness (QED) is 0.545. The maximum atomic E-state index is 11.3. The van der Waals surface area contributed by atoms with Gasteiger partial charge in [-0.1, -0.05) is 0 Å². The molecule has 2 heterocycles. The first-order valence-electron chi connectivity index (χ1n) is 5.46. The van der Waals surface area contributed by atoms with E-state index in [1.54, 1.807) is 0 Å². The van der Waals surface area contributed by atoms with Crippen molar-refractivity contribution in [2.24, 2.45) is 5.84 Å². The Morgan fingerprint density at radius 2 is 1.89 bits per heavy atom. The average Bonchev–Trinajstić information content (AvgIpc) is 2.34. The number of sulfone groups is 1. The number of nitrogens with two attached hydrogens (primary N) is 1. The molecule has 0 spiro atoms. The molecule has 4 N–H and O–H groups in total. The van der Waals surface area contributed by atoms with Crippen LogP contribution in [0.25, 0.3) is 0 Å². The van der Waals surface area contributed by atoms with E-state index < -0.39 is 9.84 Å². The van der Waals surface area contributed by atoms with Gasteiger partial charge >= 0.3 is 0 Å². The zero-order chi connectivity index (χ0) is 13.2. The van der Waals surface area contributed by atoms with Crippen LogP contribution in [0, 0.1) is 0 Å². The zero-order valence-electron chi connectivity index (χ0n) is 9.56. The van der Waals surface area contributed by atoms with E-state index in [0.717, 1.165) is 0 Å². The Morgan fingerprint density at radius 3 is 2.50 bits per heavy atom. The fourth-order valence-electron chi connectivity index (χ4n) is 1.80. The van der Waals surface area contributed by atoms with Gasteiger partial charge in [-0.15, -0.1) is 0 Å². The van der Waals surface area contributed by atoms with Gasteiger partial charge in [0, 0.05) is 6.04 Å². The summed E-state index contributed by atoms with van der Waals surface area (Å²) in [5.41, 5.74) is 2.45. The highest BCUT2D eigenvalue weighted by molar-refractivity contribution is 9.10. The first kappa shape index (κ1) is 13.5. The average molecular weight is 336 g/mol. The standard InChI is InChI=1S/C9H14BrN5O2S/c10-7-8(12-5-13-9(7)15-11)14-6-1-3-18(16,17)4-2-6/h5-6H,1-4,11H2,(H2,12,13,14,15). The Bertz CT molecular complexity index is 522. The molecule has 1 aliphatic heterocycles. The summed E-state index contributed by atoms with van der Waals surface area (Å²) in [6.07, 6.45) is 2.57. The summed E-state index contributed by atoms with van der Waals surface area (Å²) in [4.78, 5) is 8.05. The number of halogens is 1. The minimum atomic E-state index is -2.85. The maximum absolute atomic E-state index is 11.3. The molecule has 1 aliphatic rings. The number of rotatable bonds is 3. The van der Waals surface area contributed by atoms with E-state index in [2.05, 4.69) is 36.6 Å². The second-order valence-corrected chi connectivity index (χ2v) is 7.20. The Morgan fingerprint density at radius 1 is 1.28 bits per heavy atom. The second-order valence-electron chi connectivity index (χ2n) is 4.10. The molecule has 0 atom stereocenters. The topological polar surface area (TPSA) is 110 Å². The van der Waals surface area contributed by atoms with Crippen LogP contribution in [0.4, 0.5) is 11.6 Å². The molecule has 1 saturated heterocycles. The van der Waals surface area contributed by atoms with Crippen LogP contribution in [0.3, 0.4) is 0 Å². The van der Waals surface area contributed by atoms with Crippen LogP contribution >= 0.6 is 15.9 Å².